The highest BCUT2D eigenvalue weighted by atomic mass is 15.2. The molecule has 0 aromatic heterocycles. The van der Waals surface area contributed by atoms with E-state index in [0.29, 0.717) is 12.1 Å². The van der Waals surface area contributed by atoms with Crippen LogP contribution in [0.5, 0.6) is 0 Å². The van der Waals surface area contributed by atoms with Crippen molar-refractivity contribution in [2.24, 2.45) is 0 Å². The van der Waals surface area contributed by atoms with Crippen LogP contribution in [0.2, 0.25) is 0 Å². The Hall–Kier alpha value is -0.860. The minimum Gasteiger partial charge on any atom is -0.313 e. The van der Waals surface area contributed by atoms with Gasteiger partial charge in [0.05, 0.1) is 0 Å². The summed E-state index contributed by atoms with van der Waals surface area (Å²) in [7, 11) is 2.24. The van der Waals surface area contributed by atoms with Gasteiger partial charge < -0.3 is 5.32 Å². The molecule has 1 N–H and O–H groups in total. The lowest BCUT2D eigenvalue weighted by atomic mass is 10.0. The van der Waals surface area contributed by atoms with Gasteiger partial charge in [0.15, 0.2) is 0 Å². The van der Waals surface area contributed by atoms with E-state index < -0.39 is 0 Å². The van der Waals surface area contributed by atoms with Crippen LogP contribution in [-0.4, -0.2) is 31.1 Å². The van der Waals surface area contributed by atoms with Crippen LogP contribution in [0.4, 0.5) is 0 Å². The number of benzene rings is 1. The highest BCUT2D eigenvalue weighted by Gasteiger charge is 2.19. The first-order valence-corrected chi connectivity index (χ1v) is 7.73. The Kier molecular flexibility index (Phi) is 5.41. The molecule has 0 amide bonds. The summed E-state index contributed by atoms with van der Waals surface area (Å²) in [6, 6.07) is 10.4. The Bertz CT molecular complexity index is 365. The van der Waals surface area contributed by atoms with Crippen LogP contribution < -0.4 is 5.32 Å². The zero-order valence-electron chi connectivity index (χ0n) is 12.7. The average molecular weight is 260 g/mol. The van der Waals surface area contributed by atoms with Crippen LogP contribution in [0.1, 0.15) is 50.3 Å². The molecule has 2 rings (SSSR count). The van der Waals surface area contributed by atoms with Crippen molar-refractivity contribution in [3.8, 4) is 0 Å². The molecular formula is C17H28N2. The SMILES string of the molecule is CCCc1ccc(C(C)N(C)CC2CCCN2)cc1. The van der Waals surface area contributed by atoms with Crippen molar-refractivity contribution >= 4 is 0 Å². The molecule has 1 saturated heterocycles. The predicted molar refractivity (Wildman–Crippen MR) is 82.5 cm³/mol. The van der Waals surface area contributed by atoms with Crippen LogP contribution in [-0.2, 0) is 6.42 Å². The van der Waals surface area contributed by atoms with Gasteiger partial charge in [-0.1, -0.05) is 37.6 Å². The third-order valence-electron chi connectivity index (χ3n) is 4.33. The van der Waals surface area contributed by atoms with E-state index in [9.17, 15) is 0 Å². The van der Waals surface area contributed by atoms with Crippen molar-refractivity contribution < 1.29 is 0 Å². The molecule has 2 unspecified atom stereocenters. The molecule has 0 aliphatic carbocycles. The predicted octanol–water partition coefficient (Wildman–Crippen LogP) is 3.38. The van der Waals surface area contributed by atoms with Gasteiger partial charge in [-0.25, -0.2) is 0 Å². The molecule has 0 saturated carbocycles. The first-order valence-electron chi connectivity index (χ1n) is 7.73. The molecule has 0 radical (unpaired) electrons. The van der Waals surface area contributed by atoms with Gasteiger partial charge in [-0.05, 0) is 50.9 Å². The van der Waals surface area contributed by atoms with Crippen LogP contribution in [0.3, 0.4) is 0 Å². The number of hydrogen-bond donors (Lipinski definition) is 1. The first-order chi connectivity index (χ1) is 9.20. The van der Waals surface area contributed by atoms with E-state index in [1.165, 1.54) is 43.4 Å². The topological polar surface area (TPSA) is 15.3 Å². The zero-order valence-corrected chi connectivity index (χ0v) is 12.7. The molecule has 19 heavy (non-hydrogen) atoms. The van der Waals surface area contributed by atoms with Crippen molar-refractivity contribution in [1.29, 1.82) is 0 Å². The summed E-state index contributed by atoms with van der Waals surface area (Å²) in [6.07, 6.45) is 5.07. The van der Waals surface area contributed by atoms with Gasteiger partial charge in [-0.3, -0.25) is 4.90 Å². The van der Waals surface area contributed by atoms with Crippen LogP contribution in [0.15, 0.2) is 24.3 Å². The lowest BCUT2D eigenvalue weighted by Gasteiger charge is -2.28. The molecule has 0 spiro atoms. The van der Waals surface area contributed by atoms with Gasteiger partial charge in [0.25, 0.3) is 0 Å². The molecule has 1 aromatic carbocycles. The third-order valence-corrected chi connectivity index (χ3v) is 4.33. The molecule has 2 heteroatoms. The molecule has 1 aliphatic heterocycles. The molecule has 106 valence electrons. The fourth-order valence-corrected chi connectivity index (χ4v) is 2.92. The summed E-state index contributed by atoms with van der Waals surface area (Å²) in [4.78, 5) is 2.47. The summed E-state index contributed by atoms with van der Waals surface area (Å²) in [5.74, 6) is 0. The molecule has 1 aromatic rings. The number of nitrogens with one attached hydrogen (secondary N) is 1. The molecule has 2 atom stereocenters. The summed E-state index contributed by atoms with van der Waals surface area (Å²) in [6.45, 7) is 6.89. The van der Waals surface area contributed by atoms with Crippen LogP contribution in [0.25, 0.3) is 0 Å². The molecular weight excluding hydrogens is 232 g/mol. The standard InChI is InChI=1S/C17H28N2/c1-4-6-15-8-10-16(11-9-15)14(2)19(3)13-17-7-5-12-18-17/h8-11,14,17-18H,4-7,12-13H2,1-3H3. The van der Waals surface area contributed by atoms with E-state index in [1.54, 1.807) is 0 Å². The number of aryl methyl sites for hydroxylation is 1. The van der Waals surface area contributed by atoms with Gasteiger partial charge in [0.1, 0.15) is 0 Å². The van der Waals surface area contributed by atoms with Crippen molar-refractivity contribution in [2.75, 3.05) is 20.1 Å². The van der Waals surface area contributed by atoms with Crippen molar-refractivity contribution in [1.82, 2.24) is 10.2 Å². The van der Waals surface area contributed by atoms with E-state index in [4.69, 9.17) is 0 Å². The monoisotopic (exact) mass is 260 g/mol. The van der Waals surface area contributed by atoms with Gasteiger partial charge >= 0.3 is 0 Å². The first kappa shape index (κ1) is 14.5. The van der Waals surface area contributed by atoms with Crippen molar-refractivity contribution in [3.63, 3.8) is 0 Å². The van der Waals surface area contributed by atoms with E-state index in [-0.39, 0.29) is 0 Å². The van der Waals surface area contributed by atoms with E-state index >= 15 is 0 Å². The second-order valence-electron chi connectivity index (χ2n) is 5.90. The summed E-state index contributed by atoms with van der Waals surface area (Å²) >= 11 is 0. The Labute approximate surface area is 118 Å². The second-order valence-corrected chi connectivity index (χ2v) is 5.90. The molecule has 1 heterocycles. The lowest BCUT2D eigenvalue weighted by Crippen LogP contribution is -2.36. The summed E-state index contributed by atoms with van der Waals surface area (Å²) in [5.41, 5.74) is 2.89. The molecule has 2 nitrogen and oxygen atoms in total. The lowest BCUT2D eigenvalue weighted by molar-refractivity contribution is 0.238. The van der Waals surface area contributed by atoms with Gasteiger partial charge in [-0.2, -0.15) is 0 Å². The quantitative estimate of drug-likeness (QED) is 0.843. The maximum Gasteiger partial charge on any atom is 0.0317 e. The normalized spacial score (nSPS) is 20.9. The van der Waals surface area contributed by atoms with Crippen molar-refractivity contribution in [3.05, 3.63) is 35.4 Å². The molecule has 1 fully saturated rings. The summed E-state index contributed by atoms with van der Waals surface area (Å²) < 4.78 is 0. The highest BCUT2D eigenvalue weighted by Crippen LogP contribution is 2.21. The van der Waals surface area contributed by atoms with Gasteiger partial charge in [-0.15, -0.1) is 0 Å². The minimum atomic E-state index is 0.498. The smallest absolute Gasteiger partial charge is 0.0317 e. The van der Waals surface area contributed by atoms with Crippen LogP contribution in [0, 0.1) is 0 Å². The number of nitrogens with zero attached hydrogens (tertiary/aromatic N) is 1. The highest BCUT2D eigenvalue weighted by molar-refractivity contribution is 5.24. The maximum atomic E-state index is 3.58. The Morgan fingerprint density at radius 3 is 2.63 bits per heavy atom. The average Bonchev–Trinajstić information content (AvgIpc) is 2.92. The number of rotatable bonds is 6. The summed E-state index contributed by atoms with van der Waals surface area (Å²) in [5, 5.41) is 3.58. The van der Waals surface area contributed by atoms with Gasteiger partial charge in [0, 0.05) is 18.6 Å². The van der Waals surface area contributed by atoms with Crippen molar-refractivity contribution in [2.45, 2.75) is 51.6 Å². The molecule has 1 aliphatic rings. The fourth-order valence-electron chi connectivity index (χ4n) is 2.92. The van der Waals surface area contributed by atoms with E-state index in [2.05, 4.69) is 55.4 Å². The zero-order chi connectivity index (χ0) is 13.7. The van der Waals surface area contributed by atoms with E-state index in [1.807, 2.05) is 0 Å². The van der Waals surface area contributed by atoms with Crippen LogP contribution >= 0.6 is 0 Å². The van der Waals surface area contributed by atoms with E-state index in [0.717, 1.165) is 6.54 Å². The largest absolute Gasteiger partial charge is 0.313 e. The Balaban J connectivity index is 1.91. The Morgan fingerprint density at radius 1 is 1.32 bits per heavy atom. The molecule has 0 bridgehead atoms. The maximum absolute atomic E-state index is 3.58. The number of likely N-dealkylation sites (N-methyl/N-ethyl adjacent to an activating group) is 1. The number of hydrogen-bond acceptors (Lipinski definition) is 2. The minimum absolute atomic E-state index is 0.498. The van der Waals surface area contributed by atoms with Gasteiger partial charge in [0.2, 0.25) is 0 Å². The third kappa shape index (κ3) is 4.05. The Morgan fingerprint density at radius 2 is 2.05 bits per heavy atom. The fraction of sp³-hybridized carbons (Fsp3) is 0.647. The second kappa shape index (κ2) is 7.06.